The summed E-state index contributed by atoms with van der Waals surface area (Å²) in [6.45, 7) is 5.91. The summed E-state index contributed by atoms with van der Waals surface area (Å²) in [7, 11) is 0. The zero-order valence-electron chi connectivity index (χ0n) is 10.4. The Bertz CT molecular complexity index is 365. The molecule has 0 bridgehead atoms. The summed E-state index contributed by atoms with van der Waals surface area (Å²) in [6.07, 6.45) is 0.751. The Morgan fingerprint density at radius 2 is 2.29 bits per heavy atom. The molecule has 0 aliphatic rings. The Labute approximate surface area is 105 Å². The van der Waals surface area contributed by atoms with Crippen molar-refractivity contribution in [2.75, 3.05) is 11.9 Å². The van der Waals surface area contributed by atoms with Gasteiger partial charge < -0.3 is 10.4 Å². The maximum atomic E-state index is 11.6. The molecule has 6 heteroatoms. The molecule has 1 rings (SSSR count). The number of aromatic nitrogens is 1. The smallest absolute Gasteiger partial charge is 0.321 e. The second-order valence-corrected chi connectivity index (χ2v) is 5.26. The Morgan fingerprint density at radius 1 is 1.59 bits per heavy atom. The van der Waals surface area contributed by atoms with Crippen LogP contribution in [0.15, 0.2) is 5.38 Å². The first-order chi connectivity index (χ1) is 8.01. The maximum absolute atomic E-state index is 11.6. The van der Waals surface area contributed by atoms with Crippen molar-refractivity contribution in [3.05, 3.63) is 11.1 Å². The third-order valence-corrected chi connectivity index (χ3v) is 3.03. The van der Waals surface area contributed by atoms with Crippen LogP contribution in [0.5, 0.6) is 0 Å². The fourth-order valence-corrected chi connectivity index (χ4v) is 2.16. The molecular weight excluding hydrogens is 238 g/mol. The lowest BCUT2D eigenvalue weighted by Crippen LogP contribution is -2.40. The van der Waals surface area contributed by atoms with Gasteiger partial charge in [-0.15, -0.1) is 11.3 Å². The van der Waals surface area contributed by atoms with Gasteiger partial charge in [0.1, 0.15) is 0 Å². The van der Waals surface area contributed by atoms with E-state index in [1.165, 1.54) is 11.3 Å². The third kappa shape index (κ3) is 5.14. The molecule has 96 valence electrons. The van der Waals surface area contributed by atoms with E-state index in [0.29, 0.717) is 11.0 Å². The van der Waals surface area contributed by atoms with Crippen LogP contribution in [0, 0.1) is 12.8 Å². The van der Waals surface area contributed by atoms with Crippen molar-refractivity contribution in [1.82, 2.24) is 10.3 Å². The highest BCUT2D eigenvalue weighted by atomic mass is 32.1. The van der Waals surface area contributed by atoms with Crippen LogP contribution in [0.25, 0.3) is 0 Å². The number of aryl methyl sites for hydroxylation is 1. The Kier molecular flexibility index (Phi) is 5.37. The van der Waals surface area contributed by atoms with Gasteiger partial charge in [-0.3, -0.25) is 5.32 Å². The Hall–Kier alpha value is -1.14. The minimum absolute atomic E-state index is 0.0531. The monoisotopic (exact) mass is 257 g/mol. The van der Waals surface area contributed by atoms with Crippen LogP contribution in [0.3, 0.4) is 0 Å². The zero-order valence-corrected chi connectivity index (χ0v) is 11.2. The molecule has 0 fully saturated rings. The zero-order chi connectivity index (χ0) is 12.8. The molecule has 1 heterocycles. The number of nitrogens with zero attached hydrogens (tertiary/aromatic N) is 1. The molecule has 17 heavy (non-hydrogen) atoms. The van der Waals surface area contributed by atoms with Crippen molar-refractivity contribution >= 4 is 22.5 Å². The first kappa shape index (κ1) is 13.9. The van der Waals surface area contributed by atoms with Gasteiger partial charge >= 0.3 is 6.03 Å². The second-order valence-electron chi connectivity index (χ2n) is 4.40. The van der Waals surface area contributed by atoms with Gasteiger partial charge in [0.15, 0.2) is 5.13 Å². The maximum Gasteiger partial charge on any atom is 0.321 e. The molecule has 2 amide bonds. The van der Waals surface area contributed by atoms with Crippen LogP contribution < -0.4 is 10.6 Å². The predicted octanol–water partition coefficient (Wildman–Crippen LogP) is 1.98. The van der Waals surface area contributed by atoms with Gasteiger partial charge in [-0.05, 0) is 19.3 Å². The summed E-state index contributed by atoms with van der Waals surface area (Å²) in [5, 5.41) is 16.9. The molecule has 0 saturated carbocycles. The number of thiazole rings is 1. The molecule has 0 unspecified atom stereocenters. The highest BCUT2D eigenvalue weighted by molar-refractivity contribution is 7.13. The number of nitrogens with one attached hydrogen (secondary N) is 2. The lowest BCUT2D eigenvalue weighted by atomic mass is 10.0. The van der Waals surface area contributed by atoms with E-state index in [9.17, 15) is 4.79 Å². The fraction of sp³-hybridized carbons (Fsp3) is 0.636. The van der Waals surface area contributed by atoms with Crippen LogP contribution in [0.4, 0.5) is 9.93 Å². The first-order valence-electron chi connectivity index (χ1n) is 5.61. The summed E-state index contributed by atoms with van der Waals surface area (Å²) in [4.78, 5) is 15.7. The summed E-state index contributed by atoms with van der Waals surface area (Å²) in [5.41, 5.74) is 0.881. The number of carbonyl (C=O) groups excluding carboxylic acids is 1. The molecule has 0 aromatic carbocycles. The van der Waals surface area contributed by atoms with Gasteiger partial charge in [-0.1, -0.05) is 13.8 Å². The normalized spacial score (nSPS) is 12.5. The van der Waals surface area contributed by atoms with Crippen molar-refractivity contribution in [1.29, 1.82) is 0 Å². The van der Waals surface area contributed by atoms with E-state index in [2.05, 4.69) is 15.6 Å². The molecule has 1 aromatic rings. The summed E-state index contributed by atoms with van der Waals surface area (Å²) in [6, 6.07) is -0.532. The number of aliphatic hydroxyl groups excluding tert-OH is 1. The number of hydrogen-bond donors (Lipinski definition) is 3. The molecule has 0 spiro atoms. The summed E-state index contributed by atoms with van der Waals surface area (Å²) in [5.74, 6) is 0.426. The van der Waals surface area contributed by atoms with Gasteiger partial charge in [-0.2, -0.15) is 0 Å². The highest BCUT2D eigenvalue weighted by Crippen LogP contribution is 2.14. The molecule has 5 nitrogen and oxygen atoms in total. The van der Waals surface area contributed by atoms with E-state index in [1.54, 1.807) is 0 Å². The predicted molar refractivity (Wildman–Crippen MR) is 69.3 cm³/mol. The van der Waals surface area contributed by atoms with Crippen LogP contribution >= 0.6 is 11.3 Å². The topological polar surface area (TPSA) is 74.2 Å². The molecule has 3 N–H and O–H groups in total. The van der Waals surface area contributed by atoms with E-state index < -0.39 is 0 Å². The lowest BCUT2D eigenvalue weighted by molar-refractivity contribution is 0.214. The average Bonchev–Trinajstić information content (AvgIpc) is 2.62. The highest BCUT2D eigenvalue weighted by Gasteiger charge is 2.13. The number of hydrogen-bond acceptors (Lipinski definition) is 4. The van der Waals surface area contributed by atoms with Gasteiger partial charge in [0.05, 0.1) is 18.3 Å². The largest absolute Gasteiger partial charge is 0.394 e. The Balaban J connectivity index is 2.42. The second kappa shape index (κ2) is 6.56. The quantitative estimate of drug-likeness (QED) is 0.755. The fourth-order valence-electron chi connectivity index (χ4n) is 1.48. The van der Waals surface area contributed by atoms with Crippen molar-refractivity contribution in [3.8, 4) is 0 Å². The van der Waals surface area contributed by atoms with Gasteiger partial charge in [-0.25, -0.2) is 9.78 Å². The van der Waals surface area contributed by atoms with Crippen LogP contribution in [0.2, 0.25) is 0 Å². The van der Waals surface area contributed by atoms with Crippen LogP contribution in [-0.4, -0.2) is 28.8 Å². The van der Waals surface area contributed by atoms with Crippen LogP contribution in [-0.2, 0) is 0 Å². The van der Waals surface area contributed by atoms with Gasteiger partial charge in [0, 0.05) is 5.38 Å². The minimum Gasteiger partial charge on any atom is -0.394 e. The Morgan fingerprint density at radius 3 is 2.76 bits per heavy atom. The number of amides is 2. The average molecular weight is 257 g/mol. The summed E-state index contributed by atoms with van der Waals surface area (Å²) >= 11 is 1.38. The van der Waals surface area contributed by atoms with Crippen molar-refractivity contribution in [3.63, 3.8) is 0 Å². The standard InChI is InChI=1S/C11H19N3O2S/c1-7(2)4-9(5-15)13-10(16)14-11-12-8(3)6-17-11/h6-7,9,15H,4-5H2,1-3H3,(H2,12,13,14,16)/t9-/m0/s1. The van der Waals surface area contributed by atoms with Gasteiger partial charge in [0.2, 0.25) is 0 Å². The SMILES string of the molecule is Cc1csc(NC(=O)N[C@H](CO)CC(C)C)n1. The van der Waals surface area contributed by atoms with E-state index in [4.69, 9.17) is 5.11 Å². The van der Waals surface area contributed by atoms with Crippen molar-refractivity contribution in [2.45, 2.75) is 33.2 Å². The van der Waals surface area contributed by atoms with E-state index >= 15 is 0 Å². The molecule has 1 atom stereocenters. The molecular formula is C11H19N3O2S. The molecule has 0 aliphatic carbocycles. The van der Waals surface area contributed by atoms with Crippen LogP contribution in [0.1, 0.15) is 26.0 Å². The lowest BCUT2D eigenvalue weighted by Gasteiger charge is -2.17. The number of carbonyl (C=O) groups is 1. The van der Waals surface area contributed by atoms with E-state index in [-0.39, 0.29) is 18.7 Å². The summed E-state index contributed by atoms with van der Waals surface area (Å²) < 4.78 is 0. The number of anilines is 1. The van der Waals surface area contributed by atoms with Gasteiger partial charge in [0.25, 0.3) is 0 Å². The van der Waals surface area contributed by atoms with E-state index in [1.807, 2.05) is 26.2 Å². The molecule has 0 aliphatic heterocycles. The number of urea groups is 1. The minimum atomic E-state index is -0.320. The van der Waals surface area contributed by atoms with E-state index in [0.717, 1.165) is 12.1 Å². The number of aliphatic hydroxyl groups is 1. The molecule has 0 radical (unpaired) electrons. The first-order valence-corrected chi connectivity index (χ1v) is 6.49. The molecule has 0 saturated heterocycles. The van der Waals surface area contributed by atoms with Crippen molar-refractivity contribution in [2.24, 2.45) is 5.92 Å². The molecule has 1 aromatic heterocycles. The van der Waals surface area contributed by atoms with Crippen molar-refractivity contribution < 1.29 is 9.90 Å². The third-order valence-electron chi connectivity index (χ3n) is 2.15. The number of rotatable bonds is 5.